The van der Waals surface area contributed by atoms with Gasteiger partial charge in [0.2, 0.25) is 5.91 Å². The molecule has 0 saturated carbocycles. The van der Waals surface area contributed by atoms with Gasteiger partial charge in [0.15, 0.2) is 0 Å². The lowest BCUT2D eigenvalue weighted by Gasteiger charge is -2.24. The molecule has 2 unspecified atom stereocenters. The summed E-state index contributed by atoms with van der Waals surface area (Å²) >= 11 is 0. The second kappa shape index (κ2) is 8.17. The molecule has 3 N–H and O–H groups in total. The van der Waals surface area contributed by atoms with E-state index >= 15 is 0 Å². The first-order valence-electron chi connectivity index (χ1n) is 6.50. The summed E-state index contributed by atoms with van der Waals surface area (Å²) in [4.78, 5) is 11.9. The molecule has 5 nitrogen and oxygen atoms in total. The highest BCUT2D eigenvalue weighted by Crippen LogP contribution is 2.08. The Kier molecular flexibility index (Phi) is 7.71. The summed E-state index contributed by atoms with van der Waals surface area (Å²) in [5, 5.41) is 7.06. The van der Waals surface area contributed by atoms with Crippen molar-refractivity contribution < 1.29 is 4.79 Å². The van der Waals surface area contributed by atoms with Crippen molar-refractivity contribution in [2.45, 2.75) is 45.7 Å². The Morgan fingerprint density at radius 2 is 2.26 bits per heavy atom. The molecule has 2 atom stereocenters. The van der Waals surface area contributed by atoms with Gasteiger partial charge in [0.1, 0.15) is 0 Å². The summed E-state index contributed by atoms with van der Waals surface area (Å²) in [5.41, 5.74) is 5.20. The lowest BCUT2D eigenvalue weighted by molar-refractivity contribution is -0.126. The molecule has 0 aromatic carbocycles. The van der Waals surface area contributed by atoms with Crippen LogP contribution in [0.25, 0.3) is 0 Å². The highest BCUT2D eigenvalue weighted by molar-refractivity contribution is 5.85. The van der Waals surface area contributed by atoms with E-state index in [1.165, 1.54) is 0 Å². The third-order valence-electron chi connectivity index (χ3n) is 2.96. The highest BCUT2D eigenvalue weighted by atomic mass is 35.5. The summed E-state index contributed by atoms with van der Waals surface area (Å²) < 4.78 is 1.87. The van der Waals surface area contributed by atoms with Gasteiger partial charge < -0.3 is 11.1 Å². The molecule has 1 heterocycles. The zero-order valence-electron chi connectivity index (χ0n) is 11.9. The topological polar surface area (TPSA) is 72.9 Å². The van der Waals surface area contributed by atoms with Crippen LogP contribution in [0.5, 0.6) is 0 Å². The van der Waals surface area contributed by atoms with E-state index in [1.807, 2.05) is 23.9 Å². The van der Waals surface area contributed by atoms with Gasteiger partial charge in [-0.05, 0) is 25.3 Å². The number of rotatable bonds is 7. The lowest BCUT2D eigenvalue weighted by atomic mass is 9.96. The van der Waals surface area contributed by atoms with Crippen LogP contribution in [0.1, 0.15) is 33.6 Å². The Labute approximate surface area is 121 Å². The fraction of sp³-hybridized carbons (Fsp3) is 0.692. The normalized spacial score (nSPS) is 15.2. The number of halogens is 1. The summed E-state index contributed by atoms with van der Waals surface area (Å²) in [6, 6.07) is 1.89. The smallest absolute Gasteiger partial charge is 0.239 e. The van der Waals surface area contributed by atoms with E-state index < -0.39 is 5.54 Å². The molecule has 0 fully saturated rings. The first-order chi connectivity index (χ1) is 8.45. The van der Waals surface area contributed by atoms with Gasteiger partial charge >= 0.3 is 0 Å². The van der Waals surface area contributed by atoms with Crippen LogP contribution in [0.3, 0.4) is 0 Å². The van der Waals surface area contributed by atoms with Crippen molar-refractivity contribution in [3.05, 3.63) is 18.5 Å². The number of aromatic nitrogens is 2. The molecule has 1 aromatic heterocycles. The van der Waals surface area contributed by atoms with Gasteiger partial charge in [-0.25, -0.2) is 0 Å². The Morgan fingerprint density at radius 1 is 1.58 bits per heavy atom. The summed E-state index contributed by atoms with van der Waals surface area (Å²) in [6.07, 6.45) is 5.28. The molecule has 110 valence electrons. The number of nitrogens with two attached hydrogens (primary N) is 1. The molecule has 0 aliphatic heterocycles. The Hall–Kier alpha value is -1.07. The van der Waals surface area contributed by atoms with Crippen LogP contribution in [-0.4, -0.2) is 27.8 Å². The fourth-order valence-electron chi connectivity index (χ4n) is 1.89. The summed E-state index contributed by atoms with van der Waals surface area (Å²) in [5.74, 6) is 0.253. The number of carbonyl (C=O) groups is 1. The van der Waals surface area contributed by atoms with Gasteiger partial charge in [-0.1, -0.05) is 20.3 Å². The second-order valence-corrected chi connectivity index (χ2v) is 5.21. The van der Waals surface area contributed by atoms with Crippen LogP contribution in [0.2, 0.25) is 0 Å². The van der Waals surface area contributed by atoms with E-state index in [2.05, 4.69) is 17.3 Å². The van der Waals surface area contributed by atoms with Crippen LogP contribution < -0.4 is 11.1 Å². The number of nitrogens with one attached hydrogen (secondary N) is 1. The number of nitrogens with zero attached hydrogens (tertiary/aromatic N) is 2. The van der Waals surface area contributed by atoms with Gasteiger partial charge in [-0.3, -0.25) is 9.48 Å². The van der Waals surface area contributed by atoms with E-state index in [9.17, 15) is 4.79 Å². The first kappa shape index (κ1) is 17.9. The predicted octanol–water partition coefficient (Wildman–Crippen LogP) is 1.57. The van der Waals surface area contributed by atoms with Crippen LogP contribution in [0.4, 0.5) is 0 Å². The fourth-order valence-corrected chi connectivity index (χ4v) is 1.89. The molecular formula is C13H25ClN4O. The molecule has 1 aromatic rings. The van der Waals surface area contributed by atoms with Gasteiger partial charge in [0.25, 0.3) is 0 Å². The molecule has 6 heteroatoms. The predicted molar refractivity (Wildman–Crippen MR) is 79.1 cm³/mol. The minimum Gasteiger partial charge on any atom is -0.354 e. The van der Waals surface area contributed by atoms with E-state index in [1.54, 1.807) is 13.1 Å². The number of hydrogen-bond donors (Lipinski definition) is 2. The van der Waals surface area contributed by atoms with E-state index in [0.717, 1.165) is 13.0 Å². The lowest BCUT2D eigenvalue weighted by Crippen LogP contribution is -2.52. The molecular weight excluding hydrogens is 264 g/mol. The molecule has 0 saturated heterocycles. The molecule has 0 spiro atoms. The standard InChI is InChI=1S/C13H24N4O.ClH/c1-4-6-13(3,14)12(18)15-9-11(2)10-17-8-5-7-16-17;/h5,7-8,11H,4,6,9-10,14H2,1-3H3,(H,15,18);1H. The van der Waals surface area contributed by atoms with Gasteiger partial charge in [-0.2, -0.15) is 5.10 Å². The average Bonchev–Trinajstić information content (AvgIpc) is 2.78. The zero-order valence-corrected chi connectivity index (χ0v) is 12.7. The second-order valence-electron chi connectivity index (χ2n) is 5.21. The Bertz CT molecular complexity index is 365. The minimum absolute atomic E-state index is 0. The van der Waals surface area contributed by atoms with Crippen molar-refractivity contribution in [3.63, 3.8) is 0 Å². The van der Waals surface area contributed by atoms with Crippen molar-refractivity contribution in [3.8, 4) is 0 Å². The summed E-state index contributed by atoms with van der Waals surface area (Å²) in [7, 11) is 0. The van der Waals surface area contributed by atoms with Crippen molar-refractivity contribution in [2.75, 3.05) is 6.54 Å². The van der Waals surface area contributed by atoms with E-state index in [4.69, 9.17) is 5.73 Å². The van der Waals surface area contributed by atoms with E-state index in [0.29, 0.717) is 18.9 Å². The van der Waals surface area contributed by atoms with Crippen molar-refractivity contribution in [2.24, 2.45) is 11.7 Å². The van der Waals surface area contributed by atoms with Crippen LogP contribution in [-0.2, 0) is 11.3 Å². The first-order valence-corrected chi connectivity index (χ1v) is 6.50. The molecule has 0 aliphatic carbocycles. The monoisotopic (exact) mass is 288 g/mol. The molecule has 0 radical (unpaired) electrons. The van der Waals surface area contributed by atoms with Crippen LogP contribution in [0, 0.1) is 5.92 Å². The maximum Gasteiger partial charge on any atom is 0.239 e. The minimum atomic E-state index is -0.764. The Balaban J connectivity index is 0.00000324. The third-order valence-corrected chi connectivity index (χ3v) is 2.96. The molecule has 1 rings (SSSR count). The quantitative estimate of drug-likeness (QED) is 0.800. The molecule has 1 amide bonds. The molecule has 0 aliphatic rings. The average molecular weight is 289 g/mol. The van der Waals surface area contributed by atoms with Gasteiger partial charge in [0, 0.05) is 25.5 Å². The van der Waals surface area contributed by atoms with Gasteiger partial charge in [0.05, 0.1) is 5.54 Å². The number of hydrogen-bond acceptors (Lipinski definition) is 3. The van der Waals surface area contributed by atoms with E-state index in [-0.39, 0.29) is 18.3 Å². The summed E-state index contributed by atoms with van der Waals surface area (Å²) in [6.45, 7) is 7.30. The van der Waals surface area contributed by atoms with Crippen LogP contribution in [0.15, 0.2) is 18.5 Å². The largest absolute Gasteiger partial charge is 0.354 e. The zero-order chi connectivity index (χ0) is 13.6. The Morgan fingerprint density at radius 3 is 2.79 bits per heavy atom. The SMILES string of the molecule is CCCC(C)(N)C(=O)NCC(C)Cn1cccn1.Cl. The third kappa shape index (κ3) is 6.07. The van der Waals surface area contributed by atoms with Crippen molar-refractivity contribution in [1.29, 1.82) is 0 Å². The van der Waals surface area contributed by atoms with Gasteiger partial charge in [-0.15, -0.1) is 12.4 Å². The maximum atomic E-state index is 11.9. The number of carbonyl (C=O) groups excluding carboxylic acids is 1. The maximum absolute atomic E-state index is 11.9. The highest BCUT2D eigenvalue weighted by Gasteiger charge is 2.26. The van der Waals surface area contributed by atoms with Crippen molar-refractivity contribution in [1.82, 2.24) is 15.1 Å². The molecule has 19 heavy (non-hydrogen) atoms. The number of amides is 1. The van der Waals surface area contributed by atoms with Crippen LogP contribution >= 0.6 is 12.4 Å². The molecule has 0 bridgehead atoms. The van der Waals surface area contributed by atoms with Crippen molar-refractivity contribution >= 4 is 18.3 Å².